The zero-order chi connectivity index (χ0) is 35.6. The lowest BCUT2D eigenvalue weighted by atomic mass is 9.98. The fourth-order valence-corrected chi connectivity index (χ4v) is 7.28. The second kappa shape index (κ2) is 17.0. The standard InChI is InChI=1S/C41H46N4O6/c42-21-11-25-44(40(47)48)23-9-10-24-45(41(49)51-28-38-35-19-7-3-15-31(35)32-16-4-8-20-36(32)38)26-12-22-43-39(46)50-27-37-33-17-5-1-13-29(33)30-14-2-6-18-34(30)37/h1-8,13-20,37-38H,9-12,21-28,42H2,(H,43,46)(H,47,48). The Hall–Kier alpha value is -5.35. The van der Waals surface area contributed by atoms with Crippen LogP contribution in [0, 0.1) is 0 Å². The van der Waals surface area contributed by atoms with Crippen molar-refractivity contribution in [2.75, 3.05) is 52.5 Å². The van der Waals surface area contributed by atoms with Gasteiger partial charge in [0, 0.05) is 44.6 Å². The lowest BCUT2D eigenvalue weighted by Gasteiger charge is -2.24. The van der Waals surface area contributed by atoms with Gasteiger partial charge in [-0.15, -0.1) is 0 Å². The molecule has 0 aromatic heterocycles. The van der Waals surface area contributed by atoms with Crippen molar-refractivity contribution in [3.8, 4) is 22.3 Å². The van der Waals surface area contributed by atoms with Crippen LogP contribution in [0.4, 0.5) is 14.4 Å². The maximum Gasteiger partial charge on any atom is 0.409 e. The first-order valence-electron chi connectivity index (χ1n) is 17.8. The summed E-state index contributed by atoms with van der Waals surface area (Å²) in [7, 11) is 0. The molecule has 10 heteroatoms. The number of nitrogens with two attached hydrogens (primary N) is 1. The fraction of sp³-hybridized carbons (Fsp3) is 0.341. The van der Waals surface area contributed by atoms with Crippen molar-refractivity contribution < 1.29 is 29.0 Å². The van der Waals surface area contributed by atoms with Crippen LogP contribution in [-0.2, 0) is 9.47 Å². The maximum atomic E-state index is 13.6. The third-order valence-electron chi connectivity index (χ3n) is 9.82. The lowest BCUT2D eigenvalue weighted by molar-refractivity contribution is 0.0975. The van der Waals surface area contributed by atoms with Crippen LogP contribution in [-0.4, -0.2) is 85.7 Å². The molecule has 0 unspecified atom stereocenters. The van der Waals surface area contributed by atoms with Crippen molar-refractivity contribution in [3.63, 3.8) is 0 Å². The highest BCUT2D eigenvalue weighted by Gasteiger charge is 2.31. The van der Waals surface area contributed by atoms with Gasteiger partial charge in [0.05, 0.1) is 0 Å². The largest absolute Gasteiger partial charge is 0.465 e. The summed E-state index contributed by atoms with van der Waals surface area (Å²) in [5.74, 6) is -0.0929. The molecule has 2 aliphatic carbocycles. The first-order valence-corrected chi connectivity index (χ1v) is 17.8. The van der Waals surface area contributed by atoms with E-state index in [1.807, 2.05) is 48.5 Å². The molecule has 0 bridgehead atoms. The molecule has 0 saturated heterocycles. The van der Waals surface area contributed by atoms with Crippen LogP contribution in [0.15, 0.2) is 97.1 Å². The average molecular weight is 691 g/mol. The number of carbonyl (C=O) groups excluding carboxylic acids is 2. The Bertz CT molecular complexity index is 1740. The number of alkyl carbamates (subject to hydrolysis) is 1. The molecule has 10 nitrogen and oxygen atoms in total. The third kappa shape index (κ3) is 8.35. The number of rotatable bonds is 16. The van der Waals surface area contributed by atoms with Gasteiger partial charge in [-0.25, -0.2) is 14.4 Å². The van der Waals surface area contributed by atoms with E-state index in [2.05, 4.69) is 53.8 Å². The van der Waals surface area contributed by atoms with Crippen LogP contribution in [0.5, 0.6) is 0 Å². The summed E-state index contributed by atoms with van der Waals surface area (Å²) in [4.78, 5) is 41.0. The van der Waals surface area contributed by atoms with E-state index in [1.54, 1.807) is 4.90 Å². The van der Waals surface area contributed by atoms with E-state index in [0.29, 0.717) is 65.0 Å². The molecule has 4 N–H and O–H groups in total. The number of carboxylic acid groups (broad SMARTS) is 1. The van der Waals surface area contributed by atoms with Crippen LogP contribution in [0.25, 0.3) is 22.3 Å². The van der Waals surface area contributed by atoms with Crippen molar-refractivity contribution in [1.29, 1.82) is 0 Å². The van der Waals surface area contributed by atoms with Gasteiger partial charge in [-0.05, 0) is 76.7 Å². The molecule has 51 heavy (non-hydrogen) atoms. The topological polar surface area (TPSA) is 134 Å². The molecule has 0 heterocycles. The van der Waals surface area contributed by atoms with E-state index in [1.165, 1.54) is 16.0 Å². The minimum Gasteiger partial charge on any atom is -0.465 e. The van der Waals surface area contributed by atoms with Crippen LogP contribution in [0.1, 0.15) is 59.8 Å². The van der Waals surface area contributed by atoms with E-state index >= 15 is 0 Å². The van der Waals surface area contributed by atoms with Gasteiger partial charge >= 0.3 is 18.3 Å². The SMILES string of the molecule is NCCCN(CCCCN(CCCNC(=O)OCC1c2ccccc2-c2ccccc21)C(=O)OCC1c2ccccc2-c2ccccc21)C(=O)O. The number of nitrogens with one attached hydrogen (secondary N) is 1. The minimum atomic E-state index is -0.976. The number of ether oxygens (including phenoxy) is 2. The molecule has 6 rings (SSSR count). The summed E-state index contributed by atoms with van der Waals surface area (Å²) in [5, 5.41) is 12.4. The summed E-state index contributed by atoms with van der Waals surface area (Å²) >= 11 is 0. The van der Waals surface area contributed by atoms with Gasteiger partial charge in [0.2, 0.25) is 0 Å². The maximum absolute atomic E-state index is 13.6. The monoisotopic (exact) mass is 690 g/mol. The number of unbranched alkanes of at least 4 members (excludes halogenated alkanes) is 1. The molecule has 0 fully saturated rings. The van der Waals surface area contributed by atoms with Crippen molar-refractivity contribution in [1.82, 2.24) is 15.1 Å². The van der Waals surface area contributed by atoms with Crippen LogP contribution < -0.4 is 11.1 Å². The smallest absolute Gasteiger partial charge is 0.409 e. The Kier molecular flexibility index (Phi) is 11.9. The second-order valence-electron chi connectivity index (χ2n) is 13.0. The molecule has 3 amide bonds. The van der Waals surface area contributed by atoms with Crippen molar-refractivity contribution in [2.45, 2.75) is 37.5 Å². The van der Waals surface area contributed by atoms with Gasteiger partial charge < -0.3 is 35.4 Å². The summed E-state index contributed by atoms with van der Waals surface area (Å²) in [6, 6.07) is 32.8. The number of fused-ring (bicyclic) bond motifs is 6. The van der Waals surface area contributed by atoms with Gasteiger partial charge in [-0.1, -0.05) is 97.1 Å². The highest BCUT2D eigenvalue weighted by Crippen LogP contribution is 2.45. The van der Waals surface area contributed by atoms with E-state index < -0.39 is 18.3 Å². The summed E-state index contributed by atoms with van der Waals surface area (Å²) in [6.45, 7) is 2.65. The summed E-state index contributed by atoms with van der Waals surface area (Å²) < 4.78 is 11.6. The predicted octanol–water partition coefficient (Wildman–Crippen LogP) is 7.28. The third-order valence-corrected chi connectivity index (χ3v) is 9.82. The average Bonchev–Trinajstić information content (AvgIpc) is 3.65. The van der Waals surface area contributed by atoms with Crippen molar-refractivity contribution in [3.05, 3.63) is 119 Å². The van der Waals surface area contributed by atoms with Crippen LogP contribution in [0.3, 0.4) is 0 Å². The molecule has 0 aliphatic heterocycles. The van der Waals surface area contributed by atoms with Gasteiger partial charge in [-0.3, -0.25) is 0 Å². The number of benzene rings is 4. The number of hydrogen-bond acceptors (Lipinski definition) is 6. The Morgan fingerprint density at radius 2 is 1.00 bits per heavy atom. The van der Waals surface area contributed by atoms with Gasteiger partial charge in [0.15, 0.2) is 0 Å². The molecule has 266 valence electrons. The summed E-state index contributed by atoms with van der Waals surface area (Å²) in [5.41, 5.74) is 14.8. The predicted molar refractivity (Wildman–Crippen MR) is 197 cm³/mol. The Labute approximate surface area is 299 Å². The fourth-order valence-electron chi connectivity index (χ4n) is 7.28. The highest BCUT2D eigenvalue weighted by molar-refractivity contribution is 5.80. The zero-order valence-electron chi connectivity index (χ0n) is 28.8. The van der Waals surface area contributed by atoms with Gasteiger partial charge in [-0.2, -0.15) is 0 Å². The van der Waals surface area contributed by atoms with E-state index in [-0.39, 0.29) is 25.0 Å². The normalized spacial score (nSPS) is 12.7. The van der Waals surface area contributed by atoms with E-state index in [9.17, 15) is 19.5 Å². The Balaban J connectivity index is 1.02. The second-order valence-corrected chi connectivity index (χ2v) is 13.0. The highest BCUT2D eigenvalue weighted by atomic mass is 16.6. The van der Waals surface area contributed by atoms with Crippen molar-refractivity contribution >= 4 is 18.3 Å². The minimum absolute atomic E-state index is 0.0282. The molecule has 4 aromatic rings. The molecular formula is C41H46N4O6. The first kappa shape index (κ1) is 35.5. The zero-order valence-corrected chi connectivity index (χ0v) is 28.8. The molecule has 0 saturated carbocycles. The Morgan fingerprint density at radius 1 is 0.588 bits per heavy atom. The van der Waals surface area contributed by atoms with Crippen LogP contribution in [0.2, 0.25) is 0 Å². The van der Waals surface area contributed by atoms with Crippen molar-refractivity contribution in [2.24, 2.45) is 5.73 Å². The number of carbonyl (C=O) groups is 3. The first-order chi connectivity index (χ1) is 25.0. The molecule has 4 aromatic carbocycles. The van der Waals surface area contributed by atoms with Gasteiger partial charge in [0.1, 0.15) is 13.2 Å². The van der Waals surface area contributed by atoms with Gasteiger partial charge in [0.25, 0.3) is 0 Å². The lowest BCUT2D eigenvalue weighted by Crippen LogP contribution is -2.37. The molecule has 0 radical (unpaired) electrons. The van der Waals surface area contributed by atoms with E-state index in [0.717, 1.165) is 33.4 Å². The number of amides is 3. The quantitative estimate of drug-likeness (QED) is 0.105. The van der Waals surface area contributed by atoms with Crippen LogP contribution >= 0.6 is 0 Å². The number of nitrogens with zero attached hydrogens (tertiary/aromatic N) is 2. The molecule has 2 aliphatic rings. The summed E-state index contributed by atoms with van der Waals surface area (Å²) in [6.07, 6.45) is 0.350. The Morgan fingerprint density at radius 3 is 1.47 bits per heavy atom. The molecular weight excluding hydrogens is 644 g/mol. The molecule has 0 spiro atoms. The van der Waals surface area contributed by atoms with E-state index in [4.69, 9.17) is 15.2 Å². The molecule has 0 atom stereocenters. The number of hydrogen-bond donors (Lipinski definition) is 3.